The fraction of sp³-hybridized carbons (Fsp3) is 0.333. The summed E-state index contributed by atoms with van der Waals surface area (Å²) in [6, 6.07) is 0. The standard InChI is InChI=1S/C6H3Br3Cl2O/c7-3-2(10)1-6(9,11)5(8)4(3)12/h1,5,12H. The van der Waals surface area contributed by atoms with Crippen LogP contribution in [0, 0.1) is 0 Å². The Kier molecular flexibility index (Phi) is 3.61. The van der Waals surface area contributed by atoms with E-state index in [4.69, 9.17) is 23.2 Å². The lowest BCUT2D eigenvalue weighted by Gasteiger charge is -2.27. The summed E-state index contributed by atoms with van der Waals surface area (Å²) >= 11 is 21.3. The minimum Gasteiger partial charge on any atom is -0.510 e. The smallest absolute Gasteiger partial charge is 0.138 e. The average Bonchev–Trinajstić information content (AvgIpc) is 1.97. The number of allylic oxidation sites excluding steroid dienone is 4. The highest BCUT2D eigenvalue weighted by Gasteiger charge is 2.38. The van der Waals surface area contributed by atoms with Gasteiger partial charge in [0.25, 0.3) is 0 Å². The molecule has 1 aliphatic carbocycles. The van der Waals surface area contributed by atoms with Crippen LogP contribution >= 0.6 is 71.0 Å². The van der Waals surface area contributed by atoms with Gasteiger partial charge in [0.15, 0.2) is 0 Å². The van der Waals surface area contributed by atoms with Gasteiger partial charge in [0, 0.05) is 0 Å². The molecule has 1 rings (SSSR count). The first kappa shape index (κ1) is 11.4. The normalized spacial score (nSPS) is 36.8. The molecule has 2 unspecified atom stereocenters. The summed E-state index contributed by atoms with van der Waals surface area (Å²) in [5.74, 6) is 0.0781. The van der Waals surface area contributed by atoms with Crippen LogP contribution in [0.2, 0.25) is 0 Å². The molecule has 0 radical (unpaired) electrons. The van der Waals surface area contributed by atoms with E-state index in [2.05, 4.69) is 47.8 Å². The molecule has 2 atom stereocenters. The Balaban J connectivity index is 3.15. The van der Waals surface area contributed by atoms with Crippen LogP contribution in [0.1, 0.15) is 0 Å². The predicted molar refractivity (Wildman–Crippen MR) is 62.7 cm³/mol. The molecule has 0 fully saturated rings. The summed E-state index contributed by atoms with van der Waals surface area (Å²) in [6.45, 7) is 0. The van der Waals surface area contributed by atoms with Crippen molar-refractivity contribution in [1.29, 1.82) is 0 Å². The Bertz CT molecular complexity index is 272. The summed E-state index contributed by atoms with van der Waals surface area (Å²) in [5.41, 5.74) is 0. The highest BCUT2D eigenvalue weighted by Crippen LogP contribution is 2.46. The van der Waals surface area contributed by atoms with Crippen LogP contribution in [0.4, 0.5) is 0 Å². The lowest BCUT2D eigenvalue weighted by atomic mass is 10.1. The van der Waals surface area contributed by atoms with E-state index in [1.165, 1.54) is 0 Å². The molecule has 0 aliphatic heterocycles. The summed E-state index contributed by atoms with van der Waals surface area (Å²) in [5, 5.41) is 9.88. The number of halogens is 5. The van der Waals surface area contributed by atoms with E-state index >= 15 is 0 Å². The van der Waals surface area contributed by atoms with Crippen LogP contribution in [-0.4, -0.2) is 13.7 Å². The van der Waals surface area contributed by atoms with Crippen LogP contribution < -0.4 is 0 Å². The van der Waals surface area contributed by atoms with Gasteiger partial charge in [-0.2, -0.15) is 0 Å². The Morgan fingerprint density at radius 1 is 1.58 bits per heavy atom. The van der Waals surface area contributed by atoms with Crippen molar-refractivity contribution in [1.82, 2.24) is 0 Å². The molecule has 68 valence electrons. The van der Waals surface area contributed by atoms with Crippen molar-refractivity contribution in [2.45, 2.75) is 8.61 Å². The average molecular weight is 402 g/mol. The van der Waals surface area contributed by atoms with Gasteiger partial charge in [0.2, 0.25) is 0 Å². The Morgan fingerprint density at radius 2 is 2.08 bits per heavy atom. The van der Waals surface area contributed by atoms with Gasteiger partial charge in [0.05, 0.1) is 9.51 Å². The van der Waals surface area contributed by atoms with E-state index in [9.17, 15) is 5.11 Å². The minimum absolute atomic E-state index is 0.0781. The number of rotatable bonds is 0. The molecule has 0 aromatic heterocycles. The third-order valence-electron chi connectivity index (χ3n) is 1.33. The highest BCUT2D eigenvalue weighted by molar-refractivity contribution is 9.13. The first-order valence-corrected chi connectivity index (χ1v) is 6.11. The predicted octanol–water partition coefficient (Wildman–Crippen LogP) is 4.38. The molecule has 0 bridgehead atoms. The van der Waals surface area contributed by atoms with Crippen LogP contribution in [0.3, 0.4) is 0 Å². The van der Waals surface area contributed by atoms with E-state index in [0.717, 1.165) is 0 Å². The second-order valence-electron chi connectivity index (χ2n) is 2.23. The maximum atomic E-state index is 9.50. The monoisotopic (exact) mass is 398 g/mol. The van der Waals surface area contributed by atoms with Gasteiger partial charge in [-0.1, -0.05) is 43.5 Å². The lowest BCUT2D eigenvalue weighted by molar-refractivity contribution is 0.391. The van der Waals surface area contributed by atoms with Crippen molar-refractivity contribution in [3.63, 3.8) is 0 Å². The minimum atomic E-state index is -0.870. The number of hydrogen-bond donors (Lipinski definition) is 1. The second-order valence-corrected chi connectivity index (χ2v) is 6.74. The molecule has 6 heteroatoms. The van der Waals surface area contributed by atoms with Gasteiger partial charge in [-0.15, -0.1) is 11.6 Å². The Morgan fingerprint density at radius 3 is 2.58 bits per heavy atom. The molecule has 1 aliphatic rings. The van der Waals surface area contributed by atoms with Gasteiger partial charge in [0.1, 0.15) is 14.4 Å². The first-order valence-electron chi connectivity index (χ1n) is 2.85. The Labute approximate surface area is 105 Å². The van der Waals surface area contributed by atoms with Crippen LogP contribution in [0.25, 0.3) is 0 Å². The molecule has 1 nitrogen and oxygen atoms in total. The molecule has 1 N–H and O–H groups in total. The third kappa shape index (κ3) is 2.03. The molecule has 0 saturated heterocycles. The van der Waals surface area contributed by atoms with E-state index in [-0.39, 0.29) is 5.76 Å². The van der Waals surface area contributed by atoms with E-state index < -0.39 is 8.61 Å². The molecule has 0 spiro atoms. The number of alkyl halides is 3. The van der Waals surface area contributed by atoms with Crippen LogP contribution in [-0.2, 0) is 0 Å². The largest absolute Gasteiger partial charge is 0.510 e. The van der Waals surface area contributed by atoms with Crippen LogP contribution in [0.15, 0.2) is 21.3 Å². The third-order valence-corrected chi connectivity index (χ3v) is 5.74. The zero-order valence-electron chi connectivity index (χ0n) is 5.49. The molecule has 0 aromatic rings. The first-order chi connectivity index (χ1) is 5.36. The number of aliphatic hydroxyl groups excluding tert-OH is 1. The summed E-state index contributed by atoms with van der Waals surface area (Å²) in [6.07, 6.45) is 1.60. The summed E-state index contributed by atoms with van der Waals surface area (Å²) in [7, 11) is 0. The second kappa shape index (κ2) is 3.81. The van der Waals surface area contributed by atoms with Gasteiger partial charge < -0.3 is 5.11 Å². The van der Waals surface area contributed by atoms with Crippen molar-refractivity contribution in [2.24, 2.45) is 0 Å². The van der Waals surface area contributed by atoms with Crippen molar-refractivity contribution < 1.29 is 5.11 Å². The topological polar surface area (TPSA) is 20.2 Å². The van der Waals surface area contributed by atoms with Gasteiger partial charge in [-0.25, -0.2) is 0 Å². The zero-order valence-corrected chi connectivity index (χ0v) is 11.8. The zero-order chi connectivity index (χ0) is 9.52. The fourth-order valence-electron chi connectivity index (χ4n) is 0.721. The van der Waals surface area contributed by atoms with Crippen molar-refractivity contribution in [3.05, 3.63) is 21.3 Å². The summed E-state index contributed by atoms with van der Waals surface area (Å²) in [4.78, 5) is -0.399. The van der Waals surface area contributed by atoms with E-state index in [0.29, 0.717) is 9.51 Å². The lowest BCUT2D eigenvalue weighted by Crippen LogP contribution is -2.28. The van der Waals surface area contributed by atoms with Crippen molar-refractivity contribution in [2.75, 3.05) is 0 Å². The molecular formula is C6H3Br3Cl2O. The highest BCUT2D eigenvalue weighted by atomic mass is 79.9. The van der Waals surface area contributed by atoms with Gasteiger partial charge in [-0.3, -0.25) is 0 Å². The maximum Gasteiger partial charge on any atom is 0.138 e. The van der Waals surface area contributed by atoms with Crippen molar-refractivity contribution >= 4 is 71.0 Å². The van der Waals surface area contributed by atoms with Crippen LogP contribution in [0.5, 0.6) is 0 Å². The fourth-order valence-corrected chi connectivity index (χ4v) is 2.85. The molecule has 0 saturated carbocycles. The Hall–Kier alpha value is 1.30. The number of aliphatic hydroxyl groups is 1. The quantitative estimate of drug-likeness (QED) is 0.597. The van der Waals surface area contributed by atoms with E-state index in [1.807, 2.05) is 0 Å². The number of hydrogen-bond acceptors (Lipinski definition) is 1. The van der Waals surface area contributed by atoms with Gasteiger partial charge in [-0.05, 0) is 22.0 Å². The molecule has 0 amide bonds. The molecule has 0 aromatic carbocycles. The summed E-state index contributed by atoms with van der Waals surface area (Å²) < 4.78 is -0.410. The maximum absolute atomic E-state index is 9.50. The molecular weight excluding hydrogens is 399 g/mol. The van der Waals surface area contributed by atoms with E-state index in [1.54, 1.807) is 6.08 Å². The van der Waals surface area contributed by atoms with Gasteiger partial charge >= 0.3 is 0 Å². The molecule has 0 heterocycles. The SMILES string of the molecule is OC1=C(Br)C(Cl)=CC(Cl)(Br)C1Br. The molecule has 12 heavy (non-hydrogen) atoms. The van der Waals surface area contributed by atoms with Crippen molar-refractivity contribution in [3.8, 4) is 0 Å².